The molecule has 0 spiro atoms. The fourth-order valence-corrected chi connectivity index (χ4v) is 2.83. The molecule has 0 fully saturated rings. The molecule has 70 valence electrons. The topological polar surface area (TPSA) is 0 Å². The molecule has 0 aliphatic rings. The molecule has 2 aromatic carbocycles. The summed E-state index contributed by atoms with van der Waals surface area (Å²) < 4.78 is 0. The summed E-state index contributed by atoms with van der Waals surface area (Å²) in [4.78, 5) is 1.30. The van der Waals surface area contributed by atoms with Crippen molar-refractivity contribution in [2.75, 3.05) is 0 Å². The van der Waals surface area contributed by atoms with E-state index in [0.29, 0.717) is 0 Å². The summed E-state index contributed by atoms with van der Waals surface area (Å²) in [5, 5.41) is 0. The zero-order valence-electron chi connectivity index (χ0n) is 7.55. The molecule has 0 nitrogen and oxygen atoms in total. The Balaban J connectivity index is 2.51. The first kappa shape index (κ1) is 9.85. The van der Waals surface area contributed by atoms with Crippen LogP contribution >= 0.6 is 10.2 Å². The van der Waals surface area contributed by atoms with Gasteiger partial charge < -0.3 is 0 Å². The van der Waals surface area contributed by atoms with Crippen molar-refractivity contribution in [3.05, 3.63) is 54.6 Å². The van der Waals surface area contributed by atoms with Gasteiger partial charge in [-0.2, -0.15) is 0 Å². The van der Waals surface area contributed by atoms with Crippen molar-refractivity contribution < 1.29 is 0 Å². The van der Waals surface area contributed by atoms with Gasteiger partial charge in [0.1, 0.15) is 0 Å². The summed E-state index contributed by atoms with van der Waals surface area (Å²) in [5.74, 6) is 0. The number of rotatable bonds is 2. The average Bonchev–Trinajstić information content (AvgIpc) is 2.30. The van der Waals surface area contributed by atoms with Crippen LogP contribution in [0.2, 0.25) is 0 Å². The Morgan fingerprint density at radius 1 is 0.786 bits per heavy atom. The van der Waals surface area contributed by atoms with Crippen LogP contribution in [0.4, 0.5) is 0 Å². The molecule has 0 aromatic heterocycles. The Labute approximate surface area is 95.6 Å². The minimum atomic E-state index is 1.28. The fraction of sp³-hybridized carbons (Fsp3) is 0. The monoisotopic (exact) mass is 266 g/mol. The van der Waals surface area contributed by atoms with Crippen LogP contribution in [0.5, 0.6) is 0 Å². The van der Waals surface area contributed by atoms with E-state index in [9.17, 15) is 0 Å². The van der Waals surface area contributed by atoms with Gasteiger partial charge in [0.2, 0.25) is 0 Å². The van der Waals surface area contributed by atoms with Crippen LogP contribution in [0, 0.1) is 0 Å². The Morgan fingerprint density at radius 3 is 2.14 bits per heavy atom. The van der Waals surface area contributed by atoms with Crippen LogP contribution in [0.15, 0.2) is 59.5 Å². The maximum absolute atomic E-state index is 2.55. The van der Waals surface area contributed by atoms with Gasteiger partial charge in [0.05, 0.1) is 0 Å². The van der Waals surface area contributed by atoms with Crippen molar-refractivity contribution in [3.8, 4) is 11.1 Å². The normalized spacial score (nSPS) is 10.1. The third-order valence-electron chi connectivity index (χ3n) is 2.07. The molecule has 0 saturated carbocycles. The van der Waals surface area contributed by atoms with E-state index < -0.39 is 0 Å². The third kappa shape index (κ3) is 2.03. The van der Waals surface area contributed by atoms with Crippen molar-refractivity contribution in [1.29, 1.82) is 0 Å². The third-order valence-corrected chi connectivity index (χ3v) is 3.86. The maximum atomic E-state index is 2.55. The summed E-state index contributed by atoms with van der Waals surface area (Å²) in [6, 6.07) is 18.9. The second-order valence-corrected chi connectivity index (χ2v) is 4.73. The summed E-state index contributed by atoms with van der Waals surface area (Å²) in [5.41, 5.74) is 2.58. The van der Waals surface area contributed by atoms with E-state index in [-0.39, 0.29) is 0 Å². The van der Waals surface area contributed by atoms with Crippen molar-refractivity contribution in [1.82, 2.24) is 0 Å². The summed E-state index contributed by atoms with van der Waals surface area (Å²) >= 11 is 2.55. The predicted octanol–water partition coefficient (Wildman–Crippen LogP) is 3.26. The van der Waals surface area contributed by atoms with Gasteiger partial charge >= 0.3 is 95.7 Å². The fourth-order valence-electron chi connectivity index (χ4n) is 1.40. The quantitative estimate of drug-likeness (QED) is 0.751. The minimum absolute atomic E-state index is 1.28. The molecule has 0 N–H and O–H groups in total. The number of hydrogen-bond donors (Lipinski definition) is 0. The number of hydrogen-bond acceptors (Lipinski definition) is 1. The second-order valence-electron chi connectivity index (χ2n) is 2.95. The van der Waals surface area contributed by atoms with Gasteiger partial charge in [-0.3, -0.25) is 0 Å². The summed E-state index contributed by atoms with van der Waals surface area (Å²) in [6.07, 6.45) is 0. The standard InChI is InChI=1S/C12H10SSe/c14-13-12-9-5-4-8-11(12)10-6-2-1-3-7-10/h1-9,14H. The molecule has 0 radical (unpaired) electrons. The van der Waals surface area contributed by atoms with Crippen LogP contribution in [0.25, 0.3) is 11.1 Å². The first-order chi connectivity index (χ1) is 6.92. The Kier molecular flexibility index (Phi) is 3.30. The SMILES string of the molecule is [SeH]Sc1ccccc1-c1ccccc1. The van der Waals surface area contributed by atoms with Gasteiger partial charge in [0.25, 0.3) is 0 Å². The van der Waals surface area contributed by atoms with Crippen molar-refractivity contribution in [2.45, 2.75) is 4.90 Å². The molecule has 0 atom stereocenters. The molecule has 2 aromatic rings. The van der Waals surface area contributed by atoms with Crippen LogP contribution in [-0.2, 0) is 0 Å². The molecule has 0 amide bonds. The molecule has 0 unspecified atom stereocenters. The van der Waals surface area contributed by atoms with E-state index in [1.54, 1.807) is 10.2 Å². The van der Waals surface area contributed by atoms with Crippen LogP contribution < -0.4 is 0 Å². The van der Waals surface area contributed by atoms with E-state index in [4.69, 9.17) is 0 Å². The first-order valence-electron chi connectivity index (χ1n) is 4.37. The van der Waals surface area contributed by atoms with Crippen LogP contribution in [0.3, 0.4) is 0 Å². The molecule has 2 heteroatoms. The zero-order valence-corrected chi connectivity index (χ0v) is 10.2. The van der Waals surface area contributed by atoms with Gasteiger partial charge in [-0.1, -0.05) is 0 Å². The summed E-state index contributed by atoms with van der Waals surface area (Å²) in [6.45, 7) is 0. The van der Waals surface area contributed by atoms with Gasteiger partial charge in [-0.25, -0.2) is 0 Å². The zero-order chi connectivity index (χ0) is 9.80. The summed E-state index contributed by atoms with van der Waals surface area (Å²) in [7, 11) is 1.73. The van der Waals surface area contributed by atoms with E-state index in [0.717, 1.165) is 0 Å². The average molecular weight is 265 g/mol. The van der Waals surface area contributed by atoms with E-state index in [1.165, 1.54) is 16.0 Å². The number of benzene rings is 2. The van der Waals surface area contributed by atoms with Crippen LogP contribution in [-0.4, -0.2) is 14.9 Å². The van der Waals surface area contributed by atoms with Gasteiger partial charge in [-0.15, -0.1) is 0 Å². The van der Waals surface area contributed by atoms with Crippen molar-refractivity contribution >= 4 is 25.1 Å². The van der Waals surface area contributed by atoms with E-state index in [1.807, 2.05) is 6.07 Å². The molecule has 2 rings (SSSR count). The van der Waals surface area contributed by atoms with Gasteiger partial charge in [-0.05, 0) is 0 Å². The molecule has 0 bridgehead atoms. The van der Waals surface area contributed by atoms with Gasteiger partial charge in [0, 0.05) is 0 Å². The molecule has 0 aliphatic carbocycles. The Morgan fingerprint density at radius 2 is 1.43 bits per heavy atom. The van der Waals surface area contributed by atoms with Crippen molar-refractivity contribution in [2.24, 2.45) is 0 Å². The molecule has 0 saturated heterocycles. The molecular formula is C12H10SSe. The predicted molar refractivity (Wildman–Crippen MR) is 64.9 cm³/mol. The molecule has 14 heavy (non-hydrogen) atoms. The Bertz CT molecular complexity index is 412. The molecule has 0 aliphatic heterocycles. The first-order valence-corrected chi connectivity index (χ1v) is 7.45. The Hall–Kier alpha value is -0.691. The van der Waals surface area contributed by atoms with Gasteiger partial charge in [0.15, 0.2) is 0 Å². The van der Waals surface area contributed by atoms with E-state index in [2.05, 4.69) is 63.4 Å². The molecular weight excluding hydrogens is 255 g/mol. The molecule has 0 heterocycles. The van der Waals surface area contributed by atoms with E-state index >= 15 is 0 Å². The van der Waals surface area contributed by atoms with Crippen molar-refractivity contribution in [3.63, 3.8) is 0 Å². The van der Waals surface area contributed by atoms with Crippen LogP contribution in [0.1, 0.15) is 0 Å². The second kappa shape index (κ2) is 4.70.